The second kappa shape index (κ2) is 5.65. The van der Waals surface area contributed by atoms with E-state index in [9.17, 15) is 0 Å². The summed E-state index contributed by atoms with van der Waals surface area (Å²) in [5.74, 6) is 0.856. The summed E-state index contributed by atoms with van der Waals surface area (Å²) in [7, 11) is 0. The van der Waals surface area contributed by atoms with Gasteiger partial charge in [0.1, 0.15) is 5.82 Å². The van der Waals surface area contributed by atoms with Gasteiger partial charge in [0.25, 0.3) is 0 Å². The molecule has 0 bridgehead atoms. The molecule has 0 radical (unpaired) electrons. The first-order valence-electron chi connectivity index (χ1n) is 6.21. The molecule has 4 nitrogen and oxygen atoms in total. The number of fused-ring (bicyclic) bond motifs is 1. The van der Waals surface area contributed by atoms with Gasteiger partial charge in [-0.3, -0.25) is 0 Å². The molecule has 20 heavy (non-hydrogen) atoms. The summed E-state index contributed by atoms with van der Waals surface area (Å²) >= 11 is 8.55. The van der Waals surface area contributed by atoms with E-state index in [2.05, 4.69) is 60.5 Å². The molecule has 0 N–H and O–H groups in total. The number of nitrogens with zero attached hydrogens (tertiary/aromatic N) is 4. The Morgan fingerprint density at radius 1 is 1.35 bits per heavy atom. The Morgan fingerprint density at radius 2 is 2.20 bits per heavy atom. The summed E-state index contributed by atoms with van der Waals surface area (Å²) in [6, 6.07) is 10.0. The zero-order valence-electron chi connectivity index (χ0n) is 10.8. The molecular weight excluding hydrogens is 387 g/mol. The molecule has 0 aliphatic heterocycles. The van der Waals surface area contributed by atoms with Gasteiger partial charge in [-0.1, -0.05) is 0 Å². The summed E-state index contributed by atoms with van der Waals surface area (Å²) in [6.45, 7) is 2.55. The first-order chi connectivity index (χ1) is 9.65. The van der Waals surface area contributed by atoms with Crippen LogP contribution in [-0.4, -0.2) is 19.7 Å². The second-order valence-electron chi connectivity index (χ2n) is 4.52. The zero-order chi connectivity index (χ0) is 14.1. The Labute approximate surface area is 135 Å². The molecule has 0 saturated heterocycles. The molecule has 0 aliphatic carbocycles. The molecule has 1 aromatic carbocycles. The van der Waals surface area contributed by atoms with Crippen LogP contribution in [0.25, 0.3) is 11.0 Å². The van der Waals surface area contributed by atoms with Crippen LogP contribution in [0.2, 0.25) is 0 Å². The average Bonchev–Trinajstić information content (AvgIpc) is 2.78. The predicted octanol–water partition coefficient (Wildman–Crippen LogP) is 3.78. The van der Waals surface area contributed by atoms with Crippen LogP contribution in [0.5, 0.6) is 0 Å². The number of rotatable bonds is 3. The number of alkyl halides is 1. The fraction of sp³-hybridized carbons (Fsp3) is 0.214. The van der Waals surface area contributed by atoms with Crippen LogP contribution in [0.1, 0.15) is 23.8 Å². The average molecular weight is 399 g/mol. The normalized spacial score (nSPS) is 12.8. The summed E-state index contributed by atoms with van der Waals surface area (Å²) < 4.78 is 3.26. The molecule has 0 amide bonds. The molecule has 1 atom stereocenters. The molecule has 0 aliphatic rings. The first kappa shape index (κ1) is 13.8. The number of benzene rings is 1. The maximum absolute atomic E-state index is 6.26. The van der Waals surface area contributed by atoms with Gasteiger partial charge in [0, 0.05) is 9.77 Å². The van der Waals surface area contributed by atoms with Crippen LogP contribution in [0.4, 0.5) is 0 Å². The van der Waals surface area contributed by atoms with E-state index in [1.807, 2.05) is 19.1 Å². The summed E-state index contributed by atoms with van der Waals surface area (Å²) in [5, 5.41) is 7.90. The van der Waals surface area contributed by atoms with Crippen molar-refractivity contribution in [1.29, 1.82) is 0 Å². The van der Waals surface area contributed by atoms with Crippen molar-refractivity contribution in [3.8, 4) is 0 Å². The topological polar surface area (TPSA) is 43.6 Å². The van der Waals surface area contributed by atoms with Crippen molar-refractivity contribution in [3.63, 3.8) is 0 Å². The molecule has 2 heterocycles. The Morgan fingerprint density at radius 3 is 2.90 bits per heavy atom. The second-order valence-corrected chi connectivity index (χ2v) is 6.42. The van der Waals surface area contributed by atoms with E-state index >= 15 is 0 Å². The van der Waals surface area contributed by atoms with Crippen LogP contribution in [0.3, 0.4) is 0 Å². The van der Waals surface area contributed by atoms with Crippen LogP contribution < -0.4 is 0 Å². The van der Waals surface area contributed by atoms with E-state index in [4.69, 9.17) is 11.6 Å². The van der Waals surface area contributed by atoms with Crippen molar-refractivity contribution < 1.29 is 0 Å². The largest absolute Gasteiger partial charge is 0.321 e. The third kappa shape index (κ3) is 2.64. The van der Waals surface area contributed by atoms with E-state index in [-0.39, 0.29) is 5.38 Å². The quantitative estimate of drug-likeness (QED) is 0.498. The Hall–Kier alpha value is -1.21. The van der Waals surface area contributed by atoms with E-state index in [0.717, 1.165) is 26.1 Å². The maximum atomic E-state index is 6.26. The minimum absolute atomic E-state index is 0.156. The van der Waals surface area contributed by atoms with E-state index < -0.39 is 0 Å². The molecule has 1 unspecified atom stereocenters. The highest BCUT2D eigenvalue weighted by Crippen LogP contribution is 2.26. The lowest BCUT2D eigenvalue weighted by atomic mass is 10.3. The van der Waals surface area contributed by atoms with E-state index in [1.165, 1.54) is 0 Å². The molecule has 0 saturated carbocycles. The summed E-state index contributed by atoms with van der Waals surface area (Å²) in [4.78, 5) is 4.65. The highest BCUT2D eigenvalue weighted by molar-refractivity contribution is 14.1. The van der Waals surface area contributed by atoms with Crippen molar-refractivity contribution in [1.82, 2.24) is 19.7 Å². The van der Waals surface area contributed by atoms with Gasteiger partial charge < -0.3 is 4.57 Å². The lowest BCUT2D eigenvalue weighted by Crippen LogP contribution is -2.07. The van der Waals surface area contributed by atoms with Gasteiger partial charge in [0.15, 0.2) is 0 Å². The minimum atomic E-state index is -0.156. The number of imidazole rings is 1. The van der Waals surface area contributed by atoms with Crippen LogP contribution >= 0.6 is 34.2 Å². The highest BCUT2D eigenvalue weighted by atomic mass is 127. The Balaban J connectivity index is 2.14. The smallest absolute Gasteiger partial charge is 0.128 e. The number of aromatic nitrogens is 4. The third-order valence-electron chi connectivity index (χ3n) is 3.04. The van der Waals surface area contributed by atoms with Crippen molar-refractivity contribution in [2.75, 3.05) is 0 Å². The number of hydrogen-bond acceptors (Lipinski definition) is 3. The van der Waals surface area contributed by atoms with Gasteiger partial charge in [0.2, 0.25) is 0 Å². The van der Waals surface area contributed by atoms with Gasteiger partial charge >= 0.3 is 0 Å². The molecule has 3 aromatic rings. The Kier molecular flexibility index (Phi) is 3.89. The molecule has 102 valence electrons. The fourth-order valence-corrected chi connectivity index (χ4v) is 2.81. The fourth-order valence-electron chi connectivity index (χ4n) is 2.17. The van der Waals surface area contributed by atoms with Crippen LogP contribution in [-0.2, 0) is 6.54 Å². The lowest BCUT2D eigenvalue weighted by molar-refractivity contribution is 0.715. The SMILES string of the molecule is CC(Cl)c1nc2cc(I)ccc2n1Cc1cccnn1. The van der Waals surface area contributed by atoms with Crippen molar-refractivity contribution >= 4 is 45.2 Å². The highest BCUT2D eigenvalue weighted by Gasteiger charge is 2.15. The first-order valence-corrected chi connectivity index (χ1v) is 7.73. The summed E-state index contributed by atoms with van der Waals surface area (Å²) in [6.07, 6.45) is 1.67. The van der Waals surface area contributed by atoms with Crippen LogP contribution in [0.15, 0.2) is 36.5 Å². The molecule has 3 rings (SSSR count). The molecule has 0 fully saturated rings. The van der Waals surface area contributed by atoms with E-state index in [1.54, 1.807) is 6.20 Å². The van der Waals surface area contributed by atoms with Crippen molar-refractivity contribution in [2.45, 2.75) is 18.8 Å². The van der Waals surface area contributed by atoms with Crippen molar-refractivity contribution in [3.05, 3.63) is 51.6 Å². The molecule has 6 heteroatoms. The monoisotopic (exact) mass is 398 g/mol. The van der Waals surface area contributed by atoms with Gasteiger partial charge in [-0.15, -0.1) is 11.6 Å². The van der Waals surface area contributed by atoms with Gasteiger partial charge in [-0.25, -0.2) is 4.98 Å². The molecule has 0 spiro atoms. The van der Waals surface area contributed by atoms with Crippen molar-refractivity contribution in [2.24, 2.45) is 0 Å². The van der Waals surface area contributed by atoms with Gasteiger partial charge in [0.05, 0.1) is 28.6 Å². The summed E-state index contributed by atoms with van der Waals surface area (Å²) in [5.41, 5.74) is 2.92. The zero-order valence-corrected chi connectivity index (χ0v) is 13.7. The van der Waals surface area contributed by atoms with Gasteiger partial charge in [-0.2, -0.15) is 10.2 Å². The maximum Gasteiger partial charge on any atom is 0.128 e. The molecular formula is C14H12ClIN4. The lowest BCUT2D eigenvalue weighted by Gasteiger charge is -2.09. The third-order valence-corrected chi connectivity index (χ3v) is 3.91. The number of hydrogen-bond donors (Lipinski definition) is 0. The number of halogens is 2. The standard InChI is InChI=1S/C14H12ClIN4/c1-9(15)14-18-12-7-10(16)4-5-13(12)20(14)8-11-3-2-6-17-19-11/h2-7,9H,8H2,1H3. The Bertz CT molecular complexity index is 740. The van der Waals surface area contributed by atoms with Crippen LogP contribution in [0, 0.1) is 3.57 Å². The van der Waals surface area contributed by atoms with E-state index in [0.29, 0.717) is 6.54 Å². The molecule has 2 aromatic heterocycles. The predicted molar refractivity (Wildman–Crippen MR) is 87.9 cm³/mol. The minimum Gasteiger partial charge on any atom is -0.321 e. The van der Waals surface area contributed by atoms with Gasteiger partial charge in [-0.05, 0) is 59.8 Å².